The molecule has 2 saturated heterocycles. The molecule has 3 rings (SSSR count). The largest absolute Gasteiger partial charge is 0.450 e. The van der Waals surface area contributed by atoms with Crippen LogP contribution in [-0.4, -0.2) is 72.0 Å². The van der Waals surface area contributed by atoms with Gasteiger partial charge in [0.05, 0.1) is 5.57 Å². The van der Waals surface area contributed by atoms with Crippen molar-refractivity contribution in [1.29, 1.82) is 0 Å². The Hall–Kier alpha value is -1.89. The van der Waals surface area contributed by atoms with Gasteiger partial charge in [0.15, 0.2) is 0 Å². The van der Waals surface area contributed by atoms with Crippen LogP contribution in [0.1, 0.15) is 46.5 Å². The molecule has 3 aliphatic heterocycles. The van der Waals surface area contributed by atoms with Crippen LogP contribution >= 0.6 is 0 Å². The maximum Gasteiger partial charge on any atom is 0.335 e. The highest BCUT2D eigenvalue weighted by Crippen LogP contribution is 2.41. The molecule has 2 fully saturated rings. The van der Waals surface area contributed by atoms with Gasteiger partial charge in [-0.2, -0.15) is 0 Å². The molecule has 7 heteroatoms. The summed E-state index contributed by atoms with van der Waals surface area (Å²) in [6.07, 6.45) is 3.19. The fraction of sp³-hybridized carbons (Fsp3) is 0.737. The first-order chi connectivity index (χ1) is 12.4. The van der Waals surface area contributed by atoms with E-state index in [0.717, 1.165) is 25.9 Å². The SMILES string of the molecule is CCN1CCC[C@@H]1CNC(=O)C1=C(C)C(=O)OC12CCN(C(C)=O)CC2. The number of esters is 1. The summed E-state index contributed by atoms with van der Waals surface area (Å²) in [5.74, 6) is -0.605. The van der Waals surface area contributed by atoms with Crippen LogP contribution in [0.15, 0.2) is 11.1 Å². The molecule has 1 atom stereocenters. The Bertz CT molecular complexity index is 635. The molecule has 7 nitrogen and oxygen atoms in total. The second-order valence-electron chi connectivity index (χ2n) is 7.52. The Morgan fingerprint density at radius 2 is 1.96 bits per heavy atom. The Labute approximate surface area is 154 Å². The molecule has 1 N–H and O–H groups in total. The molecule has 0 aromatic rings. The molecule has 0 aromatic carbocycles. The summed E-state index contributed by atoms with van der Waals surface area (Å²) in [6.45, 7) is 8.98. The van der Waals surface area contributed by atoms with Crippen molar-refractivity contribution in [3.05, 3.63) is 11.1 Å². The van der Waals surface area contributed by atoms with Crippen molar-refractivity contribution in [3.63, 3.8) is 0 Å². The molecule has 26 heavy (non-hydrogen) atoms. The fourth-order valence-corrected chi connectivity index (χ4v) is 4.50. The van der Waals surface area contributed by atoms with Gasteiger partial charge in [-0.3, -0.25) is 14.5 Å². The van der Waals surface area contributed by atoms with Gasteiger partial charge < -0.3 is 15.0 Å². The van der Waals surface area contributed by atoms with E-state index in [0.29, 0.717) is 49.7 Å². The third kappa shape index (κ3) is 3.37. The number of amides is 2. The Morgan fingerprint density at radius 1 is 1.27 bits per heavy atom. The number of hydrogen-bond donors (Lipinski definition) is 1. The van der Waals surface area contributed by atoms with Crippen LogP contribution in [-0.2, 0) is 19.1 Å². The van der Waals surface area contributed by atoms with Gasteiger partial charge in [0.25, 0.3) is 5.91 Å². The number of likely N-dealkylation sites (N-methyl/N-ethyl adjacent to an activating group) is 1. The highest BCUT2D eigenvalue weighted by Gasteiger charge is 2.51. The third-order valence-corrected chi connectivity index (χ3v) is 6.07. The summed E-state index contributed by atoms with van der Waals surface area (Å²) < 4.78 is 5.66. The van der Waals surface area contributed by atoms with Crippen LogP contribution in [0.25, 0.3) is 0 Å². The van der Waals surface area contributed by atoms with Gasteiger partial charge in [0.1, 0.15) is 5.60 Å². The summed E-state index contributed by atoms with van der Waals surface area (Å²) in [7, 11) is 0. The van der Waals surface area contributed by atoms with E-state index in [-0.39, 0.29) is 11.8 Å². The zero-order valence-corrected chi connectivity index (χ0v) is 16.0. The lowest BCUT2D eigenvalue weighted by Gasteiger charge is -2.39. The molecule has 0 saturated carbocycles. The van der Waals surface area contributed by atoms with Crippen LogP contribution in [0.3, 0.4) is 0 Å². The lowest BCUT2D eigenvalue weighted by molar-refractivity contribution is -0.152. The first-order valence-electron chi connectivity index (χ1n) is 9.60. The van der Waals surface area contributed by atoms with Gasteiger partial charge in [0.2, 0.25) is 5.91 Å². The lowest BCUT2D eigenvalue weighted by atomic mass is 9.82. The van der Waals surface area contributed by atoms with E-state index in [2.05, 4.69) is 17.1 Å². The standard InChI is InChI=1S/C19H29N3O4/c1-4-21-9-5-6-15(21)12-20-17(24)16-13(2)18(25)26-19(16)7-10-22(11-8-19)14(3)23/h15H,4-12H2,1-3H3,(H,20,24)/t15-/m1/s1. The topological polar surface area (TPSA) is 79.0 Å². The quantitative estimate of drug-likeness (QED) is 0.749. The predicted molar refractivity (Wildman–Crippen MR) is 96.3 cm³/mol. The lowest BCUT2D eigenvalue weighted by Crippen LogP contribution is -2.50. The van der Waals surface area contributed by atoms with Crippen LogP contribution in [0, 0.1) is 0 Å². The van der Waals surface area contributed by atoms with Gasteiger partial charge >= 0.3 is 5.97 Å². The minimum atomic E-state index is -0.878. The van der Waals surface area contributed by atoms with E-state index in [1.807, 2.05) is 0 Å². The van der Waals surface area contributed by atoms with Gasteiger partial charge in [-0.1, -0.05) is 6.92 Å². The molecule has 3 heterocycles. The molecule has 2 amide bonds. The Balaban J connectivity index is 1.70. The first kappa shape index (κ1) is 18.9. The molecule has 0 unspecified atom stereocenters. The van der Waals surface area contributed by atoms with E-state index in [9.17, 15) is 14.4 Å². The number of ether oxygens (including phenoxy) is 1. The number of carbonyl (C=O) groups excluding carboxylic acids is 3. The van der Waals surface area contributed by atoms with Crippen molar-refractivity contribution in [1.82, 2.24) is 15.1 Å². The van der Waals surface area contributed by atoms with Crippen LogP contribution in [0.4, 0.5) is 0 Å². The number of likely N-dealkylation sites (tertiary alicyclic amines) is 2. The third-order valence-electron chi connectivity index (χ3n) is 6.07. The van der Waals surface area contributed by atoms with Crippen molar-refractivity contribution in [2.45, 2.75) is 58.1 Å². The molecule has 0 bridgehead atoms. The monoisotopic (exact) mass is 363 g/mol. The van der Waals surface area contributed by atoms with Gasteiger partial charge in [-0.25, -0.2) is 4.79 Å². The number of rotatable bonds is 4. The average molecular weight is 363 g/mol. The molecule has 144 valence electrons. The smallest absolute Gasteiger partial charge is 0.335 e. The van der Waals surface area contributed by atoms with Crippen molar-refractivity contribution in [2.75, 3.05) is 32.7 Å². The number of nitrogens with one attached hydrogen (secondary N) is 1. The highest BCUT2D eigenvalue weighted by atomic mass is 16.6. The summed E-state index contributed by atoms with van der Waals surface area (Å²) in [5.41, 5.74) is -0.0126. The summed E-state index contributed by atoms with van der Waals surface area (Å²) in [5, 5.41) is 3.04. The van der Waals surface area contributed by atoms with Crippen LogP contribution < -0.4 is 5.32 Å². The number of hydrogen-bond acceptors (Lipinski definition) is 5. The van der Waals surface area contributed by atoms with Gasteiger partial charge in [-0.15, -0.1) is 0 Å². The second kappa shape index (κ2) is 7.39. The van der Waals surface area contributed by atoms with E-state index in [1.54, 1.807) is 11.8 Å². The fourth-order valence-electron chi connectivity index (χ4n) is 4.50. The molecule has 0 aromatic heterocycles. The minimum Gasteiger partial charge on any atom is -0.450 e. The van der Waals surface area contributed by atoms with Crippen molar-refractivity contribution in [2.24, 2.45) is 0 Å². The second-order valence-corrected chi connectivity index (χ2v) is 7.52. The van der Waals surface area contributed by atoms with Crippen molar-refractivity contribution >= 4 is 17.8 Å². The summed E-state index contributed by atoms with van der Waals surface area (Å²) in [6, 6.07) is 0.360. The number of carbonyl (C=O) groups is 3. The van der Waals surface area contributed by atoms with Gasteiger partial charge in [0, 0.05) is 51.0 Å². The first-order valence-corrected chi connectivity index (χ1v) is 9.60. The van der Waals surface area contributed by atoms with E-state index < -0.39 is 11.6 Å². The van der Waals surface area contributed by atoms with Crippen LogP contribution in [0.2, 0.25) is 0 Å². The number of nitrogens with zero attached hydrogens (tertiary/aromatic N) is 2. The molecular formula is C19H29N3O4. The van der Waals surface area contributed by atoms with Gasteiger partial charge in [-0.05, 0) is 32.9 Å². The molecule has 1 spiro atoms. The van der Waals surface area contributed by atoms with Crippen LogP contribution in [0.5, 0.6) is 0 Å². The zero-order valence-electron chi connectivity index (χ0n) is 16.0. The maximum atomic E-state index is 12.9. The number of piperidine rings is 1. The minimum absolute atomic E-state index is 0.0109. The average Bonchev–Trinajstić information content (AvgIpc) is 3.16. The van der Waals surface area contributed by atoms with Crippen molar-refractivity contribution < 1.29 is 19.1 Å². The molecule has 3 aliphatic rings. The van der Waals surface area contributed by atoms with Crippen molar-refractivity contribution in [3.8, 4) is 0 Å². The molecular weight excluding hydrogens is 334 g/mol. The Morgan fingerprint density at radius 3 is 2.58 bits per heavy atom. The van der Waals surface area contributed by atoms with E-state index >= 15 is 0 Å². The molecule has 0 aliphatic carbocycles. The summed E-state index contributed by atoms with van der Waals surface area (Å²) in [4.78, 5) is 40.8. The summed E-state index contributed by atoms with van der Waals surface area (Å²) >= 11 is 0. The maximum absolute atomic E-state index is 12.9. The zero-order chi connectivity index (χ0) is 18.9. The Kier molecular flexibility index (Phi) is 5.37. The van der Waals surface area contributed by atoms with E-state index in [4.69, 9.17) is 4.74 Å². The highest BCUT2D eigenvalue weighted by molar-refractivity contribution is 6.07. The molecule has 0 radical (unpaired) electrons. The van der Waals surface area contributed by atoms with E-state index in [1.165, 1.54) is 6.92 Å². The predicted octanol–water partition coefficient (Wildman–Crippen LogP) is 0.841. The normalized spacial score (nSPS) is 25.7.